The predicted octanol–water partition coefficient (Wildman–Crippen LogP) is 3.30. The van der Waals surface area contributed by atoms with E-state index in [2.05, 4.69) is 20.4 Å². The van der Waals surface area contributed by atoms with E-state index in [0.717, 1.165) is 0 Å². The monoisotopic (exact) mass is 389 g/mol. The van der Waals surface area contributed by atoms with Crippen LogP contribution in [-0.2, 0) is 4.79 Å². The van der Waals surface area contributed by atoms with Crippen LogP contribution in [-0.4, -0.2) is 31.5 Å². The number of carbonyl (C=O) groups is 1. The molecule has 0 fully saturated rings. The number of aromatic nitrogens is 4. The van der Waals surface area contributed by atoms with Gasteiger partial charge in [-0.1, -0.05) is 13.8 Å². The molecule has 3 heterocycles. The maximum atomic E-state index is 12.2. The van der Waals surface area contributed by atoms with E-state index < -0.39 is 0 Å². The zero-order chi connectivity index (χ0) is 19.4. The lowest BCUT2D eigenvalue weighted by Gasteiger charge is -2.10. The van der Waals surface area contributed by atoms with E-state index >= 15 is 0 Å². The van der Waals surface area contributed by atoms with Gasteiger partial charge in [-0.05, 0) is 24.5 Å². The number of hydrogen-bond donors (Lipinski definition) is 2. The van der Waals surface area contributed by atoms with Crippen molar-refractivity contribution >= 4 is 23.3 Å². The summed E-state index contributed by atoms with van der Waals surface area (Å²) in [6.07, 6.45) is 2.37. The Morgan fingerprint density at radius 1 is 1.41 bits per heavy atom. The van der Waals surface area contributed by atoms with Crippen LogP contribution in [0.1, 0.15) is 38.3 Å². The molecule has 0 saturated carbocycles. The molecule has 3 rings (SSSR count). The molecule has 0 atom stereocenters. The highest BCUT2D eigenvalue weighted by Crippen LogP contribution is 2.24. The van der Waals surface area contributed by atoms with Crippen molar-refractivity contribution in [1.29, 1.82) is 0 Å². The fourth-order valence-corrected chi connectivity index (χ4v) is 2.60. The van der Waals surface area contributed by atoms with E-state index in [1.165, 1.54) is 17.0 Å². The Kier molecular flexibility index (Phi) is 5.75. The molecule has 0 bridgehead atoms. The first kappa shape index (κ1) is 18.9. The van der Waals surface area contributed by atoms with Crippen LogP contribution in [0.3, 0.4) is 0 Å². The molecular formula is C18H20ClN5O3. The number of halogens is 1. The molecule has 0 saturated heterocycles. The molecule has 27 heavy (non-hydrogen) atoms. The van der Waals surface area contributed by atoms with Gasteiger partial charge in [0.15, 0.2) is 5.76 Å². The minimum atomic E-state index is -0.293. The zero-order valence-corrected chi connectivity index (χ0v) is 15.8. The lowest BCUT2D eigenvalue weighted by Crippen LogP contribution is -2.19. The van der Waals surface area contributed by atoms with Crippen LogP contribution in [0, 0.1) is 0 Å². The Bertz CT molecular complexity index is 975. The Labute approximate surface area is 160 Å². The van der Waals surface area contributed by atoms with Crippen LogP contribution in [0.15, 0.2) is 39.7 Å². The first-order valence-electron chi connectivity index (χ1n) is 8.59. The Balaban J connectivity index is 2.05. The van der Waals surface area contributed by atoms with Gasteiger partial charge in [0.05, 0.1) is 12.0 Å². The Morgan fingerprint density at radius 2 is 2.22 bits per heavy atom. The molecule has 0 aliphatic heterocycles. The first-order valence-corrected chi connectivity index (χ1v) is 9.12. The lowest BCUT2D eigenvalue weighted by molar-refractivity contribution is -0.116. The number of alkyl halides is 1. The number of carbonyl (C=O) groups excluding carboxylic acids is 1. The predicted molar refractivity (Wildman–Crippen MR) is 102 cm³/mol. The first-order chi connectivity index (χ1) is 13.0. The van der Waals surface area contributed by atoms with Crippen LogP contribution in [0.25, 0.3) is 17.4 Å². The molecule has 0 aliphatic carbocycles. The van der Waals surface area contributed by atoms with Gasteiger partial charge in [-0.25, -0.2) is 4.98 Å². The second kappa shape index (κ2) is 8.22. The fraction of sp³-hybridized carbons (Fsp3) is 0.333. The summed E-state index contributed by atoms with van der Waals surface area (Å²) in [5.74, 6) is 1.39. The molecule has 142 valence electrons. The summed E-state index contributed by atoms with van der Waals surface area (Å²) in [4.78, 5) is 31.3. The number of amides is 1. The van der Waals surface area contributed by atoms with Gasteiger partial charge in [0, 0.05) is 24.4 Å². The maximum Gasteiger partial charge on any atom is 0.252 e. The number of H-pyrrole nitrogens is 1. The van der Waals surface area contributed by atoms with Crippen molar-refractivity contribution in [3.63, 3.8) is 0 Å². The number of nitrogens with one attached hydrogen (secondary N) is 2. The molecule has 0 unspecified atom stereocenters. The van der Waals surface area contributed by atoms with Crippen molar-refractivity contribution in [2.24, 2.45) is 0 Å². The smallest absolute Gasteiger partial charge is 0.252 e. The van der Waals surface area contributed by atoms with Crippen LogP contribution in [0.5, 0.6) is 0 Å². The fourth-order valence-electron chi connectivity index (χ4n) is 2.47. The van der Waals surface area contributed by atoms with Crippen LogP contribution < -0.4 is 10.9 Å². The van der Waals surface area contributed by atoms with Gasteiger partial charge in [0.25, 0.3) is 5.56 Å². The summed E-state index contributed by atoms with van der Waals surface area (Å²) in [7, 11) is 0. The SMILES string of the molecule is CC(C)c1cc(=O)[nH]c(-n2nc(-c3ccco3)cc2NC(=O)CCCCl)n1. The summed E-state index contributed by atoms with van der Waals surface area (Å²) < 4.78 is 6.77. The van der Waals surface area contributed by atoms with E-state index in [1.807, 2.05) is 13.8 Å². The van der Waals surface area contributed by atoms with Crippen molar-refractivity contribution in [1.82, 2.24) is 19.7 Å². The molecule has 8 nitrogen and oxygen atoms in total. The summed E-state index contributed by atoms with van der Waals surface area (Å²) in [5.41, 5.74) is 0.839. The largest absolute Gasteiger partial charge is 0.463 e. The standard InChI is InChI=1S/C18H20ClN5O3/c1-11(2)12-10-17(26)22-18(20-12)24-15(21-16(25)6-3-7-19)9-13(23-24)14-5-4-8-27-14/h4-5,8-11H,3,6-7H2,1-2H3,(H,21,25)(H,20,22,26). The average Bonchev–Trinajstić information content (AvgIpc) is 3.29. The minimum Gasteiger partial charge on any atom is -0.463 e. The number of aromatic amines is 1. The summed E-state index contributed by atoms with van der Waals surface area (Å²) in [6.45, 7) is 3.88. The maximum absolute atomic E-state index is 12.2. The molecule has 0 aliphatic rings. The number of nitrogens with zero attached hydrogens (tertiary/aromatic N) is 3. The van der Waals surface area contributed by atoms with Gasteiger partial charge in [-0.15, -0.1) is 11.6 Å². The van der Waals surface area contributed by atoms with Gasteiger partial charge in [-0.2, -0.15) is 9.78 Å². The minimum absolute atomic E-state index is 0.0629. The van der Waals surface area contributed by atoms with Crippen molar-refractivity contribution in [3.05, 3.63) is 46.6 Å². The molecule has 1 amide bonds. The highest BCUT2D eigenvalue weighted by Gasteiger charge is 2.17. The lowest BCUT2D eigenvalue weighted by atomic mass is 10.1. The molecule has 0 aromatic carbocycles. The van der Waals surface area contributed by atoms with Gasteiger partial charge < -0.3 is 9.73 Å². The van der Waals surface area contributed by atoms with E-state index in [9.17, 15) is 9.59 Å². The highest BCUT2D eigenvalue weighted by atomic mass is 35.5. The molecule has 0 radical (unpaired) electrons. The van der Waals surface area contributed by atoms with Crippen LogP contribution >= 0.6 is 11.6 Å². The molecule has 3 aromatic heterocycles. The van der Waals surface area contributed by atoms with Crippen LogP contribution in [0.2, 0.25) is 0 Å². The normalized spacial score (nSPS) is 11.1. The molecular weight excluding hydrogens is 370 g/mol. The molecule has 3 aromatic rings. The summed E-state index contributed by atoms with van der Waals surface area (Å²) in [5, 5.41) is 7.24. The van der Waals surface area contributed by atoms with E-state index in [-0.39, 0.29) is 29.8 Å². The van der Waals surface area contributed by atoms with Gasteiger partial charge in [-0.3, -0.25) is 14.6 Å². The van der Waals surface area contributed by atoms with Crippen LogP contribution in [0.4, 0.5) is 5.82 Å². The van der Waals surface area contributed by atoms with Gasteiger partial charge in [0.1, 0.15) is 11.5 Å². The second-order valence-electron chi connectivity index (χ2n) is 6.29. The third kappa shape index (κ3) is 4.46. The quantitative estimate of drug-likeness (QED) is 0.603. The summed E-state index contributed by atoms with van der Waals surface area (Å²) >= 11 is 5.65. The third-order valence-electron chi connectivity index (χ3n) is 3.83. The summed E-state index contributed by atoms with van der Waals surface area (Å²) in [6, 6.07) is 6.61. The van der Waals surface area contributed by atoms with E-state index in [1.54, 1.807) is 18.2 Å². The van der Waals surface area contributed by atoms with Crippen molar-refractivity contribution < 1.29 is 9.21 Å². The molecule has 9 heteroatoms. The number of anilines is 1. The van der Waals surface area contributed by atoms with E-state index in [4.69, 9.17) is 16.0 Å². The van der Waals surface area contributed by atoms with Crippen molar-refractivity contribution in [2.45, 2.75) is 32.6 Å². The molecule has 0 spiro atoms. The Hall–Kier alpha value is -2.87. The highest BCUT2D eigenvalue weighted by molar-refractivity contribution is 6.18. The number of rotatable bonds is 7. The number of furan rings is 1. The van der Waals surface area contributed by atoms with Crippen molar-refractivity contribution in [3.8, 4) is 17.4 Å². The van der Waals surface area contributed by atoms with Crippen molar-refractivity contribution in [2.75, 3.05) is 11.2 Å². The zero-order valence-electron chi connectivity index (χ0n) is 15.0. The van der Waals surface area contributed by atoms with Gasteiger partial charge >= 0.3 is 0 Å². The van der Waals surface area contributed by atoms with Gasteiger partial charge in [0.2, 0.25) is 11.9 Å². The second-order valence-corrected chi connectivity index (χ2v) is 6.67. The van der Waals surface area contributed by atoms with E-state index in [0.29, 0.717) is 35.3 Å². The number of hydrogen-bond acceptors (Lipinski definition) is 5. The average molecular weight is 390 g/mol. The molecule has 2 N–H and O–H groups in total. The third-order valence-corrected chi connectivity index (χ3v) is 4.10. The Morgan fingerprint density at radius 3 is 2.89 bits per heavy atom. The topological polar surface area (TPSA) is 106 Å².